The van der Waals surface area contributed by atoms with Gasteiger partial charge in [-0.25, -0.2) is 9.78 Å². The van der Waals surface area contributed by atoms with Crippen LogP contribution in [0.25, 0.3) is 10.2 Å². The van der Waals surface area contributed by atoms with E-state index >= 15 is 0 Å². The normalized spacial score (nSPS) is 10.8. The summed E-state index contributed by atoms with van der Waals surface area (Å²) in [7, 11) is 1.59. The van der Waals surface area contributed by atoms with Crippen LogP contribution in [-0.4, -0.2) is 40.4 Å². The number of carbonyl (C=O) groups excluding carboxylic acids is 3. The Hall–Kier alpha value is -3.33. The first-order valence-electron chi connectivity index (χ1n) is 9.76. The number of nitrogens with one attached hydrogen (secondary N) is 1. The lowest BCUT2D eigenvalue weighted by atomic mass is 10.1. The van der Waals surface area contributed by atoms with Crippen molar-refractivity contribution in [3.8, 4) is 0 Å². The number of amides is 1. The summed E-state index contributed by atoms with van der Waals surface area (Å²) >= 11 is 1.08. The highest BCUT2D eigenvalue weighted by Crippen LogP contribution is 2.27. The van der Waals surface area contributed by atoms with Crippen LogP contribution in [0.1, 0.15) is 44.5 Å². The summed E-state index contributed by atoms with van der Waals surface area (Å²) in [4.78, 5) is 52.9. The minimum absolute atomic E-state index is 0.0555. The maximum Gasteiger partial charge on any atom is 0.349 e. The quantitative estimate of drug-likeness (QED) is 0.327. The molecule has 0 bridgehead atoms. The molecule has 0 saturated carbocycles. The number of hydrogen-bond donors (Lipinski definition) is 1. The molecule has 3 rings (SSSR count). The summed E-state index contributed by atoms with van der Waals surface area (Å²) in [6.45, 7) is 3.36. The molecule has 0 unspecified atom stereocenters. The van der Waals surface area contributed by atoms with Crippen molar-refractivity contribution in [2.45, 2.75) is 26.7 Å². The second-order valence-electron chi connectivity index (χ2n) is 7.18. The number of nitrogens with zero attached hydrogens (tertiary/aromatic N) is 2. The lowest BCUT2D eigenvalue weighted by molar-refractivity contribution is -0.118. The highest BCUT2D eigenvalue weighted by molar-refractivity contribution is 7.20. The summed E-state index contributed by atoms with van der Waals surface area (Å²) in [5, 5.41) is 3.13. The van der Waals surface area contributed by atoms with Crippen molar-refractivity contribution in [2.75, 3.05) is 13.2 Å². The minimum atomic E-state index is -0.648. The Morgan fingerprint density at radius 3 is 2.58 bits per heavy atom. The summed E-state index contributed by atoms with van der Waals surface area (Å²) in [5.41, 5.74) is 1.77. The number of aromatic nitrogens is 2. The van der Waals surface area contributed by atoms with Gasteiger partial charge in [0.1, 0.15) is 9.71 Å². The van der Waals surface area contributed by atoms with E-state index in [1.807, 2.05) is 12.1 Å². The van der Waals surface area contributed by atoms with Crippen LogP contribution < -0.4 is 10.9 Å². The van der Waals surface area contributed by atoms with Gasteiger partial charge in [0.05, 0.1) is 11.7 Å². The molecule has 162 valence electrons. The first-order chi connectivity index (χ1) is 14.8. The molecule has 8 nitrogen and oxygen atoms in total. The third-order valence-corrected chi connectivity index (χ3v) is 6.00. The van der Waals surface area contributed by atoms with Crippen LogP contribution in [0.3, 0.4) is 0 Å². The number of rotatable bonds is 8. The van der Waals surface area contributed by atoms with Gasteiger partial charge in [-0.15, -0.1) is 11.3 Å². The third kappa shape index (κ3) is 5.24. The maximum absolute atomic E-state index is 12.5. The van der Waals surface area contributed by atoms with Gasteiger partial charge in [0.2, 0.25) is 5.91 Å². The summed E-state index contributed by atoms with van der Waals surface area (Å²) in [6.07, 6.45) is 2.99. The van der Waals surface area contributed by atoms with E-state index in [2.05, 4.69) is 10.3 Å². The van der Waals surface area contributed by atoms with Crippen LogP contribution in [0.5, 0.6) is 0 Å². The monoisotopic (exact) mass is 441 g/mol. The lowest BCUT2D eigenvalue weighted by Gasteiger charge is -2.06. The Bertz CT molecular complexity index is 1190. The van der Waals surface area contributed by atoms with Gasteiger partial charge in [0.15, 0.2) is 12.4 Å². The number of Topliss-reactive ketones (excluding diaryl/α,β-unsaturated/α-hetero) is 1. The molecule has 31 heavy (non-hydrogen) atoms. The van der Waals surface area contributed by atoms with Crippen molar-refractivity contribution in [1.29, 1.82) is 0 Å². The zero-order valence-corrected chi connectivity index (χ0v) is 18.4. The molecule has 0 atom stereocenters. The summed E-state index contributed by atoms with van der Waals surface area (Å²) < 4.78 is 6.55. The van der Waals surface area contributed by atoms with Crippen LogP contribution >= 0.6 is 11.3 Å². The Labute approximate surface area is 182 Å². The molecule has 0 radical (unpaired) electrons. The van der Waals surface area contributed by atoms with E-state index in [1.165, 1.54) is 17.8 Å². The second-order valence-corrected chi connectivity index (χ2v) is 8.18. The number of thiophene rings is 1. The smallest absolute Gasteiger partial charge is 0.349 e. The number of hydrogen-bond acceptors (Lipinski definition) is 7. The van der Waals surface area contributed by atoms with Gasteiger partial charge in [0, 0.05) is 26.1 Å². The lowest BCUT2D eigenvalue weighted by Crippen LogP contribution is -2.21. The molecule has 0 aliphatic rings. The van der Waals surface area contributed by atoms with Crippen LogP contribution in [0, 0.1) is 6.92 Å². The molecule has 0 fully saturated rings. The number of fused-ring (bicyclic) bond motifs is 1. The van der Waals surface area contributed by atoms with Gasteiger partial charge >= 0.3 is 5.97 Å². The van der Waals surface area contributed by atoms with E-state index in [0.717, 1.165) is 29.7 Å². The van der Waals surface area contributed by atoms with Crippen LogP contribution in [-0.2, 0) is 23.0 Å². The zero-order valence-electron chi connectivity index (χ0n) is 17.6. The van der Waals surface area contributed by atoms with Gasteiger partial charge in [-0.2, -0.15) is 0 Å². The van der Waals surface area contributed by atoms with Crippen molar-refractivity contribution in [1.82, 2.24) is 14.9 Å². The first-order valence-corrected chi connectivity index (χ1v) is 10.6. The average molecular weight is 442 g/mol. The fourth-order valence-corrected chi connectivity index (χ4v) is 4.13. The highest BCUT2D eigenvalue weighted by atomic mass is 32.1. The molecule has 9 heteroatoms. The largest absolute Gasteiger partial charge is 0.453 e. The zero-order chi connectivity index (χ0) is 22.5. The number of benzene rings is 1. The molecule has 0 aliphatic carbocycles. The third-order valence-electron chi connectivity index (χ3n) is 4.82. The average Bonchev–Trinajstić information content (AvgIpc) is 3.09. The molecule has 1 amide bonds. The second kappa shape index (κ2) is 9.65. The molecule has 1 aromatic carbocycles. The highest BCUT2D eigenvalue weighted by Gasteiger charge is 2.21. The number of carbonyl (C=O) groups is 3. The van der Waals surface area contributed by atoms with Crippen molar-refractivity contribution in [3.63, 3.8) is 0 Å². The molecule has 0 spiro atoms. The molecule has 0 saturated heterocycles. The SMILES string of the molecule is CC(=O)NCCCc1ccc(C(=O)COC(=O)c2sc3ncn(C)c(=O)c3c2C)cc1. The van der Waals surface area contributed by atoms with E-state index in [4.69, 9.17) is 4.74 Å². The predicted molar refractivity (Wildman–Crippen MR) is 118 cm³/mol. The number of aryl methyl sites for hydroxylation is 3. The minimum Gasteiger partial charge on any atom is -0.453 e. The molecule has 2 heterocycles. The summed E-state index contributed by atoms with van der Waals surface area (Å²) in [6, 6.07) is 7.09. The first kappa shape index (κ1) is 22.4. The van der Waals surface area contributed by atoms with Crippen LogP contribution in [0.4, 0.5) is 0 Å². The molecular formula is C22H23N3O5S. The Balaban J connectivity index is 1.59. The van der Waals surface area contributed by atoms with Crippen molar-refractivity contribution >= 4 is 39.2 Å². The predicted octanol–water partition coefficient (Wildman–Crippen LogP) is 2.41. The molecule has 3 aromatic rings. The van der Waals surface area contributed by atoms with Gasteiger partial charge < -0.3 is 14.6 Å². The van der Waals surface area contributed by atoms with Gasteiger partial charge in [0.25, 0.3) is 5.56 Å². The summed E-state index contributed by atoms with van der Waals surface area (Å²) in [5.74, 6) is -1.02. The van der Waals surface area contributed by atoms with E-state index in [0.29, 0.717) is 27.9 Å². The number of ketones is 1. The van der Waals surface area contributed by atoms with Crippen LogP contribution in [0.15, 0.2) is 35.4 Å². The van der Waals surface area contributed by atoms with Crippen molar-refractivity contribution < 1.29 is 19.1 Å². The molecule has 0 aliphatic heterocycles. The van der Waals surface area contributed by atoms with E-state index < -0.39 is 5.97 Å². The standard InChI is InChI=1S/C22H23N3O5S/c1-13-18-20(24-12-25(3)21(18)28)31-19(13)22(29)30-11-17(27)16-8-6-15(7-9-16)5-4-10-23-14(2)26/h6-9,12H,4-5,10-11H2,1-3H3,(H,23,26). The number of esters is 1. The van der Waals surface area contributed by atoms with E-state index in [-0.39, 0.29) is 28.7 Å². The van der Waals surface area contributed by atoms with E-state index in [9.17, 15) is 19.2 Å². The van der Waals surface area contributed by atoms with Gasteiger partial charge in [-0.05, 0) is 30.9 Å². The molecule has 2 aromatic heterocycles. The molecule has 1 N–H and O–H groups in total. The Morgan fingerprint density at radius 1 is 1.19 bits per heavy atom. The Morgan fingerprint density at radius 2 is 1.90 bits per heavy atom. The van der Waals surface area contributed by atoms with Gasteiger partial charge in [-0.3, -0.25) is 14.4 Å². The van der Waals surface area contributed by atoms with Crippen molar-refractivity contribution in [3.05, 3.63) is 62.5 Å². The Kier molecular flexibility index (Phi) is 6.96. The van der Waals surface area contributed by atoms with Crippen LogP contribution in [0.2, 0.25) is 0 Å². The maximum atomic E-state index is 12.5. The number of ether oxygens (including phenoxy) is 1. The van der Waals surface area contributed by atoms with Crippen molar-refractivity contribution in [2.24, 2.45) is 7.05 Å². The van der Waals surface area contributed by atoms with Gasteiger partial charge in [-0.1, -0.05) is 24.3 Å². The topological polar surface area (TPSA) is 107 Å². The fraction of sp³-hybridized carbons (Fsp3) is 0.318. The van der Waals surface area contributed by atoms with E-state index in [1.54, 1.807) is 26.1 Å². The fourth-order valence-electron chi connectivity index (χ4n) is 3.10. The molecular weight excluding hydrogens is 418 g/mol.